The zero-order valence-corrected chi connectivity index (χ0v) is 12.0. The molecule has 0 aliphatic carbocycles. The van der Waals surface area contributed by atoms with Gasteiger partial charge >= 0.3 is 5.97 Å². The summed E-state index contributed by atoms with van der Waals surface area (Å²) in [5.74, 6) is 0.0937. The number of aromatic nitrogens is 1. The van der Waals surface area contributed by atoms with Gasteiger partial charge in [0.1, 0.15) is 12.3 Å². The van der Waals surface area contributed by atoms with Crippen LogP contribution in [0.2, 0.25) is 0 Å². The molecule has 0 saturated heterocycles. The van der Waals surface area contributed by atoms with E-state index in [1.54, 1.807) is 25.3 Å². The Hall–Kier alpha value is -2.95. The van der Waals surface area contributed by atoms with Crippen LogP contribution in [0.5, 0.6) is 11.5 Å². The third-order valence-electron chi connectivity index (χ3n) is 3.39. The highest BCUT2D eigenvalue weighted by molar-refractivity contribution is 5.97. The highest BCUT2D eigenvalue weighted by Crippen LogP contribution is 2.36. The number of ether oxygens (including phenoxy) is 2. The average molecular weight is 297 g/mol. The van der Waals surface area contributed by atoms with Gasteiger partial charge in [-0.15, -0.1) is 0 Å². The molecule has 112 valence electrons. The number of carboxylic acids is 1. The number of rotatable bonds is 5. The van der Waals surface area contributed by atoms with Crippen LogP contribution in [0.4, 0.5) is 0 Å². The summed E-state index contributed by atoms with van der Waals surface area (Å²) in [5, 5.41) is 9.80. The Balaban J connectivity index is 1.99. The number of hydrogen-bond donors (Lipinski definition) is 2. The second-order valence-corrected chi connectivity index (χ2v) is 4.82. The van der Waals surface area contributed by atoms with Crippen LogP contribution in [0.25, 0.3) is 10.9 Å². The number of fused-ring (bicyclic) bond motifs is 1. The number of benzene rings is 2. The van der Waals surface area contributed by atoms with Crippen LogP contribution in [-0.2, 0) is 6.61 Å². The largest absolute Gasteiger partial charge is 0.493 e. The molecule has 5 nitrogen and oxygen atoms in total. The number of methoxy groups -OCH3 is 1. The first-order valence-corrected chi connectivity index (χ1v) is 6.79. The number of H-pyrrole nitrogens is 1. The molecule has 0 aliphatic heterocycles. The lowest BCUT2D eigenvalue weighted by atomic mass is 10.2. The minimum absolute atomic E-state index is 0.118. The third-order valence-corrected chi connectivity index (χ3v) is 3.39. The Morgan fingerprint density at radius 2 is 1.95 bits per heavy atom. The van der Waals surface area contributed by atoms with Crippen LogP contribution >= 0.6 is 0 Å². The number of carbonyl (C=O) groups is 1. The minimum atomic E-state index is -1.01. The van der Waals surface area contributed by atoms with Crippen molar-refractivity contribution in [2.75, 3.05) is 7.11 Å². The smallest absolute Gasteiger partial charge is 0.352 e. The van der Waals surface area contributed by atoms with Crippen molar-refractivity contribution in [2.24, 2.45) is 0 Å². The molecule has 0 atom stereocenters. The summed E-state index contributed by atoms with van der Waals surface area (Å²) in [4.78, 5) is 14.0. The summed E-state index contributed by atoms with van der Waals surface area (Å²) in [6.07, 6.45) is 0. The van der Waals surface area contributed by atoms with E-state index >= 15 is 0 Å². The van der Waals surface area contributed by atoms with Crippen molar-refractivity contribution in [2.45, 2.75) is 6.61 Å². The molecule has 22 heavy (non-hydrogen) atoms. The van der Waals surface area contributed by atoms with Crippen molar-refractivity contribution in [3.63, 3.8) is 0 Å². The Labute approximate surface area is 127 Å². The summed E-state index contributed by atoms with van der Waals surface area (Å²) in [7, 11) is 1.56. The molecule has 0 unspecified atom stereocenters. The van der Waals surface area contributed by atoms with Crippen LogP contribution in [0.3, 0.4) is 0 Å². The molecular formula is C17H15NO4. The average Bonchev–Trinajstić information content (AvgIpc) is 2.98. The molecule has 2 aromatic carbocycles. The van der Waals surface area contributed by atoms with Gasteiger partial charge in [0.15, 0.2) is 11.5 Å². The molecule has 3 rings (SSSR count). The Morgan fingerprint density at radius 1 is 1.18 bits per heavy atom. The molecule has 0 spiro atoms. The zero-order chi connectivity index (χ0) is 15.5. The van der Waals surface area contributed by atoms with Crippen molar-refractivity contribution in [3.8, 4) is 11.5 Å². The quantitative estimate of drug-likeness (QED) is 0.756. The fourth-order valence-electron chi connectivity index (χ4n) is 2.31. The molecule has 0 amide bonds. The predicted molar refractivity (Wildman–Crippen MR) is 82.6 cm³/mol. The minimum Gasteiger partial charge on any atom is -0.493 e. The zero-order valence-electron chi connectivity index (χ0n) is 12.0. The first-order valence-electron chi connectivity index (χ1n) is 6.79. The van der Waals surface area contributed by atoms with E-state index in [1.165, 1.54) is 0 Å². The number of hydrogen-bond acceptors (Lipinski definition) is 3. The molecule has 1 aromatic heterocycles. The van der Waals surface area contributed by atoms with Gasteiger partial charge in [0, 0.05) is 5.39 Å². The van der Waals surface area contributed by atoms with Gasteiger partial charge in [-0.25, -0.2) is 4.79 Å². The maximum atomic E-state index is 11.1. The molecule has 2 N–H and O–H groups in total. The molecular weight excluding hydrogens is 282 g/mol. The summed E-state index contributed by atoms with van der Waals surface area (Å²) in [6.45, 7) is 0.379. The number of carboxylic acid groups (broad SMARTS) is 1. The van der Waals surface area contributed by atoms with E-state index in [2.05, 4.69) is 4.98 Å². The van der Waals surface area contributed by atoms with Crippen LogP contribution in [0, 0.1) is 0 Å². The van der Waals surface area contributed by atoms with Gasteiger partial charge in [0.2, 0.25) is 0 Å². The summed E-state index contributed by atoms with van der Waals surface area (Å²) in [6, 6.07) is 14.8. The lowest BCUT2D eigenvalue weighted by molar-refractivity contribution is 0.0691. The van der Waals surface area contributed by atoms with Crippen molar-refractivity contribution >= 4 is 16.9 Å². The van der Waals surface area contributed by atoms with E-state index in [9.17, 15) is 4.79 Å². The van der Waals surface area contributed by atoms with Gasteiger partial charge in [0.05, 0.1) is 12.6 Å². The normalized spacial score (nSPS) is 10.6. The van der Waals surface area contributed by atoms with Crippen molar-refractivity contribution < 1.29 is 19.4 Å². The van der Waals surface area contributed by atoms with Crippen molar-refractivity contribution in [1.82, 2.24) is 4.98 Å². The van der Waals surface area contributed by atoms with Gasteiger partial charge in [0.25, 0.3) is 0 Å². The first-order chi connectivity index (χ1) is 10.7. The van der Waals surface area contributed by atoms with E-state index in [0.717, 1.165) is 5.56 Å². The lowest BCUT2D eigenvalue weighted by Gasteiger charge is -2.11. The van der Waals surface area contributed by atoms with Crippen molar-refractivity contribution in [1.29, 1.82) is 0 Å². The summed E-state index contributed by atoms with van der Waals surface area (Å²) in [5.41, 5.74) is 1.84. The van der Waals surface area contributed by atoms with Crippen LogP contribution in [0.15, 0.2) is 48.5 Å². The van der Waals surface area contributed by atoms with E-state index in [-0.39, 0.29) is 5.69 Å². The fourth-order valence-corrected chi connectivity index (χ4v) is 2.31. The number of aromatic amines is 1. The Bertz CT molecular complexity index is 808. The van der Waals surface area contributed by atoms with Crippen LogP contribution in [-0.4, -0.2) is 23.2 Å². The number of aromatic carboxylic acids is 1. The van der Waals surface area contributed by atoms with Crippen LogP contribution in [0.1, 0.15) is 16.1 Å². The van der Waals surface area contributed by atoms with E-state index < -0.39 is 5.97 Å². The molecule has 0 saturated carbocycles. The summed E-state index contributed by atoms with van der Waals surface area (Å²) >= 11 is 0. The molecule has 0 aliphatic rings. The summed E-state index contributed by atoms with van der Waals surface area (Å²) < 4.78 is 11.2. The van der Waals surface area contributed by atoms with Crippen molar-refractivity contribution in [3.05, 3.63) is 59.8 Å². The van der Waals surface area contributed by atoms with E-state index in [4.69, 9.17) is 14.6 Å². The first kappa shape index (κ1) is 14.0. The third kappa shape index (κ3) is 2.61. The second kappa shape index (κ2) is 5.81. The highest BCUT2D eigenvalue weighted by atomic mass is 16.5. The van der Waals surface area contributed by atoms with Gasteiger partial charge in [-0.05, 0) is 23.8 Å². The van der Waals surface area contributed by atoms with E-state index in [1.807, 2.05) is 30.3 Å². The molecule has 0 radical (unpaired) electrons. The topological polar surface area (TPSA) is 71.6 Å². The predicted octanol–water partition coefficient (Wildman–Crippen LogP) is 3.45. The number of nitrogens with one attached hydrogen (secondary N) is 1. The molecule has 0 bridgehead atoms. The molecule has 3 aromatic rings. The second-order valence-electron chi connectivity index (χ2n) is 4.82. The monoisotopic (exact) mass is 297 g/mol. The molecule has 1 heterocycles. The maximum Gasteiger partial charge on any atom is 0.352 e. The Kier molecular flexibility index (Phi) is 3.70. The van der Waals surface area contributed by atoms with E-state index in [0.29, 0.717) is 29.0 Å². The van der Waals surface area contributed by atoms with Gasteiger partial charge in [-0.2, -0.15) is 0 Å². The fraction of sp³-hybridized carbons (Fsp3) is 0.118. The van der Waals surface area contributed by atoms with Gasteiger partial charge in [-0.1, -0.05) is 30.3 Å². The maximum absolute atomic E-state index is 11.1. The standard InChI is InChI=1S/C17H15NO4/c1-21-15-8-7-13-12(9-14(18-13)17(19)20)16(15)22-10-11-5-3-2-4-6-11/h2-9,18H,10H2,1H3,(H,19,20). The van der Waals surface area contributed by atoms with Crippen LogP contribution < -0.4 is 9.47 Å². The van der Waals surface area contributed by atoms with Gasteiger partial charge in [-0.3, -0.25) is 0 Å². The molecule has 5 heteroatoms. The Morgan fingerprint density at radius 3 is 2.64 bits per heavy atom. The molecule has 0 fully saturated rings. The van der Waals surface area contributed by atoms with Gasteiger partial charge < -0.3 is 19.6 Å². The SMILES string of the molecule is COc1ccc2[nH]c(C(=O)O)cc2c1OCc1ccccc1. The lowest BCUT2D eigenvalue weighted by Crippen LogP contribution is -1.98. The highest BCUT2D eigenvalue weighted by Gasteiger charge is 2.15.